The Morgan fingerprint density at radius 1 is 1.24 bits per heavy atom. The lowest BCUT2D eigenvalue weighted by molar-refractivity contribution is -0.126. The molecule has 0 bridgehead atoms. The van der Waals surface area contributed by atoms with E-state index in [4.69, 9.17) is 16.3 Å². The monoisotopic (exact) mass is 363 g/mol. The molecule has 0 N–H and O–H groups in total. The number of imide groups is 1. The molecule has 0 atom stereocenters. The summed E-state index contributed by atoms with van der Waals surface area (Å²) in [5.74, 6) is 0.885. The number of benzene rings is 1. The Morgan fingerprint density at radius 3 is 2.76 bits per heavy atom. The Kier molecular flexibility index (Phi) is 7.51. The lowest BCUT2D eigenvalue weighted by atomic mass is 10.00. The quantitative estimate of drug-likeness (QED) is 0.365. The van der Waals surface area contributed by atoms with Crippen LogP contribution in [0.2, 0.25) is 0 Å². The third kappa shape index (κ3) is 5.60. The van der Waals surface area contributed by atoms with Gasteiger partial charge in [-0.2, -0.15) is 0 Å². The van der Waals surface area contributed by atoms with E-state index in [1.165, 1.54) is 10.5 Å². The van der Waals surface area contributed by atoms with Crippen LogP contribution in [-0.2, 0) is 16.0 Å². The molecule has 4 nitrogen and oxygen atoms in total. The second-order valence-corrected chi connectivity index (χ2v) is 6.85. The summed E-state index contributed by atoms with van der Waals surface area (Å²) >= 11 is 5.65. The van der Waals surface area contributed by atoms with Crippen molar-refractivity contribution in [2.45, 2.75) is 51.9 Å². The standard InChI is InChI=1S/C20H26ClNO3/c1-15(2)6-3-4-13-25-17-9-10-18-16(14-17)8-11-20(24)22(18)19(23)7-5-12-21/h9-10,14H,1,3-8,11-13H2,2H3. The number of hydrogen-bond donors (Lipinski definition) is 0. The minimum atomic E-state index is -0.180. The number of carbonyl (C=O) groups is 2. The Labute approximate surface area is 154 Å². The highest BCUT2D eigenvalue weighted by molar-refractivity contribution is 6.18. The first-order valence-electron chi connectivity index (χ1n) is 8.84. The van der Waals surface area contributed by atoms with Crippen molar-refractivity contribution < 1.29 is 14.3 Å². The third-order valence-corrected chi connectivity index (χ3v) is 4.46. The zero-order valence-electron chi connectivity index (χ0n) is 14.9. The van der Waals surface area contributed by atoms with E-state index in [2.05, 4.69) is 6.58 Å². The van der Waals surface area contributed by atoms with E-state index < -0.39 is 0 Å². The first-order valence-corrected chi connectivity index (χ1v) is 9.38. The van der Waals surface area contributed by atoms with Crippen molar-refractivity contribution in [3.63, 3.8) is 0 Å². The molecule has 25 heavy (non-hydrogen) atoms. The molecular formula is C20H26ClNO3. The molecule has 2 amide bonds. The Hall–Kier alpha value is -1.81. The maximum absolute atomic E-state index is 12.3. The number of fused-ring (bicyclic) bond motifs is 1. The highest BCUT2D eigenvalue weighted by Crippen LogP contribution is 2.32. The normalized spacial score (nSPS) is 13.5. The molecule has 0 spiro atoms. The average Bonchev–Trinajstić information content (AvgIpc) is 2.59. The summed E-state index contributed by atoms with van der Waals surface area (Å²) < 4.78 is 5.81. The van der Waals surface area contributed by atoms with E-state index in [0.29, 0.717) is 37.4 Å². The molecule has 1 aliphatic rings. The highest BCUT2D eigenvalue weighted by Gasteiger charge is 2.29. The van der Waals surface area contributed by atoms with Crippen LogP contribution in [0.5, 0.6) is 5.75 Å². The van der Waals surface area contributed by atoms with Crippen molar-refractivity contribution in [2.75, 3.05) is 17.4 Å². The molecule has 0 fully saturated rings. The van der Waals surface area contributed by atoms with Gasteiger partial charge in [0.25, 0.3) is 0 Å². The molecule has 0 unspecified atom stereocenters. The molecule has 5 heteroatoms. The second kappa shape index (κ2) is 9.62. The number of allylic oxidation sites excluding steroid dienone is 1. The van der Waals surface area contributed by atoms with Crippen LogP contribution < -0.4 is 9.64 Å². The van der Waals surface area contributed by atoms with Gasteiger partial charge in [-0.25, -0.2) is 0 Å². The van der Waals surface area contributed by atoms with Crippen molar-refractivity contribution in [1.29, 1.82) is 0 Å². The molecule has 0 radical (unpaired) electrons. The number of rotatable bonds is 9. The fraction of sp³-hybridized carbons (Fsp3) is 0.500. The first-order chi connectivity index (χ1) is 12.0. The summed E-state index contributed by atoms with van der Waals surface area (Å²) in [7, 11) is 0. The fourth-order valence-corrected chi connectivity index (χ4v) is 3.01. The minimum Gasteiger partial charge on any atom is -0.494 e. The molecule has 0 saturated heterocycles. The number of ether oxygens (including phenoxy) is 1. The van der Waals surface area contributed by atoms with Crippen LogP contribution in [0.4, 0.5) is 5.69 Å². The molecule has 1 aromatic carbocycles. The largest absolute Gasteiger partial charge is 0.494 e. The Morgan fingerprint density at radius 2 is 2.04 bits per heavy atom. The molecule has 1 heterocycles. The number of aryl methyl sites for hydroxylation is 1. The number of hydrogen-bond acceptors (Lipinski definition) is 3. The van der Waals surface area contributed by atoms with Gasteiger partial charge in [0.05, 0.1) is 12.3 Å². The van der Waals surface area contributed by atoms with Crippen molar-refractivity contribution in [2.24, 2.45) is 0 Å². The zero-order chi connectivity index (χ0) is 18.2. The van der Waals surface area contributed by atoms with Crippen molar-refractivity contribution in [3.8, 4) is 5.75 Å². The van der Waals surface area contributed by atoms with Gasteiger partial charge in [-0.1, -0.05) is 5.57 Å². The van der Waals surface area contributed by atoms with Crippen LogP contribution in [0.25, 0.3) is 0 Å². The number of halogens is 1. The summed E-state index contributed by atoms with van der Waals surface area (Å²) in [5, 5.41) is 0. The molecule has 2 rings (SSSR count). The van der Waals surface area contributed by atoms with Gasteiger partial charge in [-0.15, -0.1) is 18.2 Å². The number of alkyl halides is 1. The predicted octanol–water partition coefficient (Wildman–Crippen LogP) is 4.64. The van der Waals surface area contributed by atoms with Crippen LogP contribution in [-0.4, -0.2) is 24.3 Å². The van der Waals surface area contributed by atoms with Crippen LogP contribution in [0, 0.1) is 0 Å². The average molecular weight is 364 g/mol. The van der Waals surface area contributed by atoms with Gasteiger partial charge in [0.2, 0.25) is 11.8 Å². The van der Waals surface area contributed by atoms with Crippen molar-refractivity contribution in [3.05, 3.63) is 35.9 Å². The van der Waals surface area contributed by atoms with Crippen molar-refractivity contribution in [1.82, 2.24) is 0 Å². The van der Waals surface area contributed by atoms with Gasteiger partial charge in [0.15, 0.2) is 0 Å². The Bertz CT molecular complexity index is 642. The lowest BCUT2D eigenvalue weighted by Crippen LogP contribution is -2.40. The van der Waals surface area contributed by atoms with Gasteiger partial charge in [0.1, 0.15) is 5.75 Å². The van der Waals surface area contributed by atoms with Crippen LogP contribution in [0.15, 0.2) is 30.4 Å². The van der Waals surface area contributed by atoms with Crippen LogP contribution in [0.1, 0.15) is 51.0 Å². The molecule has 0 aliphatic carbocycles. The smallest absolute Gasteiger partial charge is 0.234 e. The van der Waals surface area contributed by atoms with Gasteiger partial charge < -0.3 is 4.74 Å². The second-order valence-electron chi connectivity index (χ2n) is 6.47. The number of carbonyl (C=O) groups excluding carboxylic acids is 2. The van der Waals surface area contributed by atoms with E-state index in [1.54, 1.807) is 0 Å². The number of unbranched alkanes of at least 4 members (excludes halogenated alkanes) is 1. The molecule has 0 saturated carbocycles. The lowest BCUT2D eigenvalue weighted by Gasteiger charge is -2.28. The summed E-state index contributed by atoms with van der Waals surface area (Å²) in [6.45, 7) is 6.59. The summed E-state index contributed by atoms with van der Waals surface area (Å²) in [6.07, 6.45) is 4.92. The van der Waals surface area contributed by atoms with Gasteiger partial charge in [0, 0.05) is 18.7 Å². The highest BCUT2D eigenvalue weighted by atomic mass is 35.5. The third-order valence-electron chi connectivity index (χ3n) is 4.19. The molecule has 1 aliphatic heterocycles. The number of amides is 2. The maximum atomic E-state index is 12.3. The van der Waals surface area contributed by atoms with Crippen LogP contribution in [0.3, 0.4) is 0 Å². The molecule has 0 aromatic heterocycles. The van der Waals surface area contributed by atoms with E-state index >= 15 is 0 Å². The number of anilines is 1. The fourth-order valence-electron chi connectivity index (χ4n) is 2.88. The van der Waals surface area contributed by atoms with Crippen LogP contribution >= 0.6 is 11.6 Å². The Balaban J connectivity index is 2.00. The number of nitrogens with zero attached hydrogens (tertiary/aromatic N) is 1. The molecule has 1 aromatic rings. The van der Waals surface area contributed by atoms with Gasteiger partial charge >= 0.3 is 0 Å². The first kappa shape index (κ1) is 19.5. The zero-order valence-corrected chi connectivity index (χ0v) is 15.6. The molecular weight excluding hydrogens is 338 g/mol. The van der Waals surface area contributed by atoms with E-state index in [9.17, 15) is 9.59 Å². The summed E-state index contributed by atoms with van der Waals surface area (Å²) in [5.41, 5.74) is 2.86. The maximum Gasteiger partial charge on any atom is 0.234 e. The SMILES string of the molecule is C=C(C)CCCCOc1ccc2c(c1)CCC(=O)N2C(=O)CCCCl. The van der Waals surface area contributed by atoms with Gasteiger partial charge in [-0.3, -0.25) is 14.5 Å². The van der Waals surface area contributed by atoms with E-state index in [1.807, 2.05) is 25.1 Å². The topological polar surface area (TPSA) is 46.6 Å². The predicted molar refractivity (Wildman–Crippen MR) is 101 cm³/mol. The van der Waals surface area contributed by atoms with E-state index in [-0.39, 0.29) is 18.2 Å². The van der Waals surface area contributed by atoms with Gasteiger partial charge in [-0.05, 0) is 62.8 Å². The minimum absolute atomic E-state index is 0.138. The molecule has 136 valence electrons. The van der Waals surface area contributed by atoms with Crippen molar-refractivity contribution >= 4 is 29.1 Å². The summed E-state index contributed by atoms with van der Waals surface area (Å²) in [4.78, 5) is 25.8. The van der Waals surface area contributed by atoms with E-state index in [0.717, 1.165) is 30.6 Å². The summed E-state index contributed by atoms with van der Waals surface area (Å²) in [6, 6.07) is 5.59.